The molecule has 0 fully saturated rings. The molecule has 1 heterocycles. The van der Waals surface area contributed by atoms with Gasteiger partial charge in [-0.1, -0.05) is 18.2 Å². The van der Waals surface area contributed by atoms with E-state index < -0.39 is 12.0 Å². The molecule has 2 rings (SSSR count). The van der Waals surface area contributed by atoms with Gasteiger partial charge in [0.1, 0.15) is 6.04 Å². The molecule has 0 radical (unpaired) electrons. The summed E-state index contributed by atoms with van der Waals surface area (Å²) in [6.45, 7) is 1.45. The number of nitrogens with one attached hydrogen (secondary N) is 2. The van der Waals surface area contributed by atoms with Crippen LogP contribution in [0.25, 0.3) is 10.9 Å². The minimum absolute atomic E-state index is 0.250. The molecular formula is C14H16N2O3. The Morgan fingerprint density at radius 2 is 2.11 bits per heavy atom. The number of aliphatic carboxylic acids is 1. The molecule has 100 valence electrons. The predicted molar refractivity (Wildman–Crippen MR) is 71.9 cm³/mol. The number of rotatable bonds is 5. The summed E-state index contributed by atoms with van der Waals surface area (Å²) in [5.74, 6) is -1.28. The van der Waals surface area contributed by atoms with Crippen molar-refractivity contribution < 1.29 is 14.7 Å². The predicted octanol–water partition coefficient (Wildman–Crippen LogP) is 1.69. The fourth-order valence-electron chi connectivity index (χ4n) is 1.96. The third-order valence-corrected chi connectivity index (χ3v) is 3.04. The van der Waals surface area contributed by atoms with Gasteiger partial charge in [-0.2, -0.15) is 0 Å². The minimum atomic E-state index is -1.03. The summed E-state index contributed by atoms with van der Waals surface area (Å²) in [7, 11) is 0. The van der Waals surface area contributed by atoms with Crippen LogP contribution in [0.5, 0.6) is 0 Å². The molecule has 19 heavy (non-hydrogen) atoms. The van der Waals surface area contributed by atoms with Crippen LogP contribution >= 0.6 is 0 Å². The smallest absolute Gasteiger partial charge is 0.325 e. The summed E-state index contributed by atoms with van der Waals surface area (Å²) in [6, 6.07) is 7.02. The molecule has 0 unspecified atom stereocenters. The molecular weight excluding hydrogens is 244 g/mol. The van der Waals surface area contributed by atoms with Crippen LogP contribution in [0.3, 0.4) is 0 Å². The van der Waals surface area contributed by atoms with E-state index in [1.807, 2.05) is 30.5 Å². The average molecular weight is 260 g/mol. The Hall–Kier alpha value is -2.30. The van der Waals surface area contributed by atoms with Crippen molar-refractivity contribution in [1.29, 1.82) is 0 Å². The first-order chi connectivity index (χ1) is 9.08. The molecule has 0 spiro atoms. The summed E-state index contributed by atoms with van der Waals surface area (Å²) < 4.78 is 0. The van der Waals surface area contributed by atoms with Crippen LogP contribution in [0.4, 0.5) is 0 Å². The fraction of sp³-hybridized carbons (Fsp3) is 0.286. The van der Waals surface area contributed by atoms with E-state index >= 15 is 0 Å². The van der Waals surface area contributed by atoms with Crippen LogP contribution in [0.1, 0.15) is 18.9 Å². The van der Waals surface area contributed by atoms with Gasteiger partial charge >= 0.3 is 5.97 Å². The first-order valence-electron chi connectivity index (χ1n) is 6.15. The lowest BCUT2D eigenvalue weighted by molar-refractivity contribution is -0.141. The van der Waals surface area contributed by atoms with Crippen molar-refractivity contribution in [3.8, 4) is 0 Å². The first kappa shape index (κ1) is 13.1. The minimum Gasteiger partial charge on any atom is -0.480 e. The molecule has 1 atom stereocenters. The number of carbonyl (C=O) groups is 2. The highest BCUT2D eigenvalue weighted by molar-refractivity contribution is 5.85. The quantitative estimate of drug-likeness (QED) is 0.765. The van der Waals surface area contributed by atoms with E-state index in [4.69, 9.17) is 5.11 Å². The van der Waals surface area contributed by atoms with Crippen LogP contribution in [-0.2, 0) is 16.0 Å². The van der Waals surface area contributed by atoms with Crippen LogP contribution in [-0.4, -0.2) is 28.0 Å². The number of hydrogen-bond donors (Lipinski definition) is 3. The summed E-state index contributed by atoms with van der Waals surface area (Å²) in [5.41, 5.74) is 2.10. The number of benzene rings is 1. The number of fused-ring (bicyclic) bond motifs is 1. The van der Waals surface area contributed by atoms with Crippen molar-refractivity contribution in [2.45, 2.75) is 25.8 Å². The number of aromatic nitrogens is 1. The molecule has 0 bridgehead atoms. The largest absolute Gasteiger partial charge is 0.480 e. The Morgan fingerprint density at radius 1 is 1.37 bits per heavy atom. The maximum atomic E-state index is 11.6. The molecule has 2 aromatic rings. The maximum Gasteiger partial charge on any atom is 0.325 e. The van der Waals surface area contributed by atoms with Crippen molar-refractivity contribution in [3.05, 3.63) is 36.0 Å². The zero-order valence-corrected chi connectivity index (χ0v) is 10.6. The lowest BCUT2D eigenvalue weighted by atomic mass is 10.1. The van der Waals surface area contributed by atoms with Crippen molar-refractivity contribution in [2.75, 3.05) is 0 Å². The van der Waals surface area contributed by atoms with E-state index in [2.05, 4.69) is 10.3 Å². The summed E-state index contributed by atoms with van der Waals surface area (Å²) >= 11 is 0. The van der Waals surface area contributed by atoms with Crippen molar-refractivity contribution in [1.82, 2.24) is 10.3 Å². The van der Waals surface area contributed by atoms with Crippen LogP contribution in [0.15, 0.2) is 30.5 Å². The number of carbonyl (C=O) groups excluding carboxylic acids is 1. The zero-order valence-electron chi connectivity index (χ0n) is 10.6. The molecule has 3 N–H and O–H groups in total. The maximum absolute atomic E-state index is 11.6. The van der Waals surface area contributed by atoms with Gasteiger partial charge in [-0.3, -0.25) is 9.59 Å². The van der Waals surface area contributed by atoms with E-state index in [9.17, 15) is 9.59 Å². The van der Waals surface area contributed by atoms with Gasteiger partial charge in [0, 0.05) is 23.5 Å². The van der Waals surface area contributed by atoms with E-state index in [1.54, 1.807) is 0 Å². The van der Waals surface area contributed by atoms with Crippen LogP contribution in [0, 0.1) is 0 Å². The normalized spacial score (nSPS) is 12.3. The van der Waals surface area contributed by atoms with Gasteiger partial charge in [-0.05, 0) is 25.0 Å². The number of hydrogen-bond acceptors (Lipinski definition) is 2. The van der Waals surface area contributed by atoms with Crippen molar-refractivity contribution in [3.63, 3.8) is 0 Å². The molecule has 0 saturated carbocycles. The summed E-state index contributed by atoms with van der Waals surface area (Å²) in [4.78, 5) is 25.4. The third kappa shape index (κ3) is 3.13. The van der Waals surface area contributed by atoms with Gasteiger partial charge in [0.05, 0.1) is 0 Å². The second-order valence-electron chi connectivity index (χ2n) is 4.49. The molecule has 0 aliphatic heterocycles. The summed E-state index contributed by atoms with van der Waals surface area (Å²) in [6.07, 6.45) is 2.75. The van der Waals surface area contributed by atoms with E-state index in [-0.39, 0.29) is 12.3 Å². The highest BCUT2D eigenvalue weighted by Gasteiger charge is 2.14. The van der Waals surface area contributed by atoms with E-state index in [1.165, 1.54) is 6.92 Å². The average Bonchev–Trinajstić information content (AvgIpc) is 2.79. The number of para-hydroxylation sites is 1. The lowest BCUT2D eigenvalue weighted by Gasteiger charge is -2.08. The van der Waals surface area contributed by atoms with Gasteiger partial charge in [0.2, 0.25) is 5.91 Å². The molecule has 0 saturated heterocycles. The third-order valence-electron chi connectivity index (χ3n) is 3.04. The molecule has 1 aromatic carbocycles. The molecule has 1 amide bonds. The molecule has 0 aliphatic rings. The second-order valence-corrected chi connectivity index (χ2v) is 4.49. The lowest BCUT2D eigenvalue weighted by Crippen LogP contribution is -2.38. The van der Waals surface area contributed by atoms with Crippen molar-refractivity contribution in [2.24, 2.45) is 0 Å². The van der Waals surface area contributed by atoms with Crippen LogP contribution in [0.2, 0.25) is 0 Å². The molecule has 1 aromatic heterocycles. The SMILES string of the molecule is C[C@@H](NC(=O)CCc1c[nH]c2ccccc12)C(=O)O. The number of H-pyrrole nitrogens is 1. The highest BCUT2D eigenvalue weighted by Crippen LogP contribution is 2.18. The number of carboxylic acid groups (broad SMARTS) is 1. The monoisotopic (exact) mass is 260 g/mol. The molecule has 5 nitrogen and oxygen atoms in total. The molecule has 0 aliphatic carbocycles. The Kier molecular flexibility index (Phi) is 3.85. The second kappa shape index (κ2) is 5.56. The Morgan fingerprint density at radius 3 is 2.84 bits per heavy atom. The summed E-state index contributed by atoms with van der Waals surface area (Å²) in [5, 5.41) is 12.2. The number of aryl methyl sites for hydroxylation is 1. The molecule has 5 heteroatoms. The van der Waals surface area contributed by atoms with Gasteiger partial charge in [-0.15, -0.1) is 0 Å². The van der Waals surface area contributed by atoms with Gasteiger partial charge in [-0.25, -0.2) is 0 Å². The number of aromatic amines is 1. The van der Waals surface area contributed by atoms with Gasteiger partial charge in [0.15, 0.2) is 0 Å². The van der Waals surface area contributed by atoms with Gasteiger partial charge < -0.3 is 15.4 Å². The number of carboxylic acids is 1. The van der Waals surface area contributed by atoms with E-state index in [0.717, 1.165) is 16.5 Å². The standard InChI is InChI=1S/C14H16N2O3/c1-9(14(18)19)16-13(17)7-6-10-8-15-12-5-3-2-4-11(10)12/h2-5,8-9,15H,6-7H2,1H3,(H,16,17)(H,18,19)/t9-/m1/s1. The Labute approximate surface area is 110 Å². The Balaban J connectivity index is 1.95. The topological polar surface area (TPSA) is 82.2 Å². The highest BCUT2D eigenvalue weighted by atomic mass is 16.4. The number of amides is 1. The first-order valence-corrected chi connectivity index (χ1v) is 6.15. The zero-order chi connectivity index (χ0) is 13.8. The Bertz CT molecular complexity index is 604. The van der Waals surface area contributed by atoms with E-state index in [0.29, 0.717) is 6.42 Å². The van der Waals surface area contributed by atoms with Crippen LogP contribution < -0.4 is 5.32 Å². The fourth-order valence-corrected chi connectivity index (χ4v) is 1.96. The van der Waals surface area contributed by atoms with Gasteiger partial charge in [0.25, 0.3) is 0 Å². The van der Waals surface area contributed by atoms with Crippen molar-refractivity contribution >= 4 is 22.8 Å².